The molecule has 1 amide bonds. The zero-order valence-electron chi connectivity index (χ0n) is 13.0. The van der Waals surface area contributed by atoms with Gasteiger partial charge in [0, 0.05) is 6.07 Å². The van der Waals surface area contributed by atoms with Gasteiger partial charge >= 0.3 is 5.97 Å². The summed E-state index contributed by atoms with van der Waals surface area (Å²) in [6, 6.07) is 9.06. The first-order valence-corrected chi connectivity index (χ1v) is 7.11. The summed E-state index contributed by atoms with van der Waals surface area (Å²) in [5.74, 6) is 0.550. The van der Waals surface area contributed by atoms with Crippen LogP contribution >= 0.6 is 0 Å². The van der Waals surface area contributed by atoms with Crippen LogP contribution in [0.25, 0.3) is 0 Å². The van der Waals surface area contributed by atoms with E-state index < -0.39 is 11.9 Å². The molecule has 7 heteroatoms. The summed E-state index contributed by atoms with van der Waals surface area (Å²) in [4.78, 5) is 23.1. The molecule has 0 aliphatic carbocycles. The summed E-state index contributed by atoms with van der Waals surface area (Å²) < 4.78 is 15.1. The molecule has 23 heavy (non-hydrogen) atoms. The van der Waals surface area contributed by atoms with Gasteiger partial charge in [-0.3, -0.25) is 9.59 Å². The number of rotatable bonds is 7. The van der Waals surface area contributed by atoms with Crippen molar-refractivity contribution < 1.29 is 23.6 Å². The molecule has 0 aliphatic rings. The van der Waals surface area contributed by atoms with Crippen molar-refractivity contribution in [2.24, 2.45) is 0 Å². The molecule has 0 saturated heterocycles. The average molecular weight is 318 g/mol. The number of ether oxygens (including phenoxy) is 2. The van der Waals surface area contributed by atoms with Gasteiger partial charge in [0.2, 0.25) is 0 Å². The Morgan fingerprint density at radius 2 is 1.96 bits per heavy atom. The van der Waals surface area contributed by atoms with E-state index in [1.165, 1.54) is 0 Å². The topological polar surface area (TPSA) is 90.7 Å². The van der Waals surface area contributed by atoms with Crippen molar-refractivity contribution in [2.75, 3.05) is 18.5 Å². The van der Waals surface area contributed by atoms with Crippen molar-refractivity contribution >= 4 is 17.7 Å². The SMILES string of the molecule is Cc1ccc(OCCC(=O)OCC(=O)Nc2cc(C)on2)cc1. The van der Waals surface area contributed by atoms with E-state index in [1.54, 1.807) is 13.0 Å². The predicted octanol–water partition coefficient (Wildman–Crippen LogP) is 2.24. The van der Waals surface area contributed by atoms with Crippen LogP contribution in [0, 0.1) is 13.8 Å². The third-order valence-corrected chi connectivity index (χ3v) is 2.86. The normalized spacial score (nSPS) is 10.2. The van der Waals surface area contributed by atoms with Crippen LogP contribution in [0.4, 0.5) is 5.82 Å². The number of esters is 1. The molecular weight excluding hydrogens is 300 g/mol. The second-order valence-electron chi connectivity index (χ2n) is 4.94. The molecule has 0 radical (unpaired) electrons. The molecule has 0 atom stereocenters. The van der Waals surface area contributed by atoms with E-state index >= 15 is 0 Å². The Balaban J connectivity index is 1.62. The van der Waals surface area contributed by atoms with Gasteiger partial charge in [0.25, 0.3) is 5.91 Å². The number of carbonyl (C=O) groups is 2. The minimum Gasteiger partial charge on any atom is -0.493 e. The lowest BCUT2D eigenvalue weighted by Crippen LogP contribution is -2.21. The van der Waals surface area contributed by atoms with Crippen molar-refractivity contribution in [1.82, 2.24) is 5.16 Å². The first kappa shape index (κ1) is 16.5. The van der Waals surface area contributed by atoms with Gasteiger partial charge in [0.05, 0.1) is 13.0 Å². The summed E-state index contributed by atoms with van der Waals surface area (Å²) >= 11 is 0. The second-order valence-corrected chi connectivity index (χ2v) is 4.94. The molecule has 0 spiro atoms. The Hall–Kier alpha value is -2.83. The molecule has 0 bridgehead atoms. The Kier molecular flexibility index (Phi) is 5.74. The van der Waals surface area contributed by atoms with Gasteiger partial charge in [0.15, 0.2) is 12.4 Å². The van der Waals surface area contributed by atoms with E-state index in [1.807, 2.05) is 31.2 Å². The largest absolute Gasteiger partial charge is 0.493 e. The number of aryl methyl sites for hydroxylation is 2. The number of hydrogen-bond donors (Lipinski definition) is 1. The summed E-state index contributed by atoms with van der Waals surface area (Å²) in [5.41, 5.74) is 1.13. The number of nitrogens with one attached hydrogen (secondary N) is 1. The fourth-order valence-electron chi connectivity index (χ4n) is 1.71. The van der Waals surface area contributed by atoms with E-state index in [9.17, 15) is 9.59 Å². The maximum atomic E-state index is 11.6. The molecule has 1 aromatic heterocycles. The molecule has 0 saturated carbocycles. The fraction of sp³-hybridized carbons (Fsp3) is 0.312. The average Bonchev–Trinajstić information content (AvgIpc) is 2.92. The minimum absolute atomic E-state index is 0.0597. The van der Waals surface area contributed by atoms with Gasteiger partial charge in [-0.05, 0) is 26.0 Å². The van der Waals surface area contributed by atoms with E-state index in [-0.39, 0.29) is 25.5 Å². The van der Waals surface area contributed by atoms with Gasteiger partial charge < -0.3 is 19.3 Å². The molecule has 2 aromatic rings. The third-order valence-electron chi connectivity index (χ3n) is 2.86. The lowest BCUT2D eigenvalue weighted by atomic mass is 10.2. The molecule has 7 nitrogen and oxygen atoms in total. The predicted molar refractivity (Wildman–Crippen MR) is 82.1 cm³/mol. The maximum absolute atomic E-state index is 11.6. The van der Waals surface area contributed by atoms with Crippen LogP contribution in [-0.4, -0.2) is 30.2 Å². The lowest BCUT2D eigenvalue weighted by molar-refractivity contribution is -0.147. The van der Waals surface area contributed by atoms with Gasteiger partial charge in [0.1, 0.15) is 11.5 Å². The Morgan fingerprint density at radius 1 is 1.22 bits per heavy atom. The second kappa shape index (κ2) is 7.98. The zero-order chi connectivity index (χ0) is 16.7. The van der Waals surface area contributed by atoms with E-state index in [2.05, 4.69) is 10.5 Å². The van der Waals surface area contributed by atoms with E-state index in [4.69, 9.17) is 14.0 Å². The fourth-order valence-corrected chi connectivity index (χ4v) is 1.71. The molecule has 0 unspecified atom stereocenters. The van der Waals surface area contributed by atoms with Crippen LogP contribution in [-0.2, 0) is 14.3 Å². The van der Waals surface area contributed by atoms with Crippen LogP contribution in [0.3, 0.4) is 0 Å². The monoisotopic (exact) mass is 318 g/mol. The molecule has 1 heterocycles. The van der Waals surface area contributed by atoms with E-state index in [0.29, 0.717) is 11.5 Å². The molecule has 1 N–H and O–H groups in total. The molecule has 2 rings (SSSR count). The van der Waals surface area contributed by atoms with Crippen LogP contribution in [0.15, 0.2) is 34.9 Å². The molecular formula is C16H18N2O5. The van der Waals surface area contributed by atoms with Crippen LogP contribution in [0.2, 0.25) is 0 Å². The summed E-state index contributed by atoms with van der Waals surface area (Å²) in [5, 5.41) is 6.06. The summed E-state index contributed by atoms with van der Waals surface area (Å²) in [6.07, 6.45) is 0.0597. The van der Waals surface area contributed by atoms with E-state index in [0.717, 1.165) is 5.56 Å². The maximum Gasteiger partial charge on any atom is 0.309 e. The van der Waals surface area contributed by atoms with Crippen LogP contribution < -0.4 is 10.1 Å². The zero-order valence-corrected chi connectivity index (χ0v) is 13.0. The highest BCUT2D eigenvalue weighted by atomic mass is 16.5. The minimum atomic E-state index is -0.511. The van der Waals surface area contributed by atoms with Gasteiger partial charge in [-0.15, -0.1) is 0 Å². The van der Waals surface area contributed by atoms with Crippen LogP contribution in [0.1, 0.15) is 17.7 Å². The molecule has 0 fully saturated rings. The number of nitrogens with zero attached hydrogens (tertiary/aromatic N) is 1. The smallest absolute Gasteiger partial charge is 0.309 e. The number of benzene rings is 1. The Bertz CT molecular complexity index is 663. The Labute approximate surface area is 133 Å². The van der Waals surface area contributed by atoms with Gasteiger partial charge in [-0.25, -0.2) is 0 Å². The number of hydrogen-bond acceptors (Lipinski definition) is 6. The highest BCUT2D eigenvalue weighted by Crippen LogP contribution is 2.11. The van der Waals surface area contributed by atoms with Crippen molar-refractivity contribution in [2.45, 2.75) is 20.3 Å². The highest BCUT2D eigenvalue weighted by molar-refractivity contribution is 5.91. The summed E-state index contributed by atoms with van der Waals surface area (Å²) in [6.45, 7) is 3.49. The molecule has 0 aliphatic heterocycles. The first-order valence-electron chi connectivity index (χ1n) is 7.11. The van der Waals surface area contributed by atoms with Crippen molar-refractivity contribution in [1.29, 1.82) is 0 Å². The summed E-state index contributed by atoms with van der Waals surface area (Å²) in [7, 11) is 0. The van der Waals surface area contributed by atoms with Crippen molar-refractivity contribution in [3.63, 3.8) is 0 Å². The number of amides is 1. The van der Waals surface area contributed by atoms with Crippen LogP contribution in [0.5, 0.6) is 5.75 Å². The third kappa shape index (κ3) is 5.82. The molecule has 1 aromatic carbocycles. The van der Waals surface area contributed by atoms with Crippen molar-refractivity contribution in [3.05, 3.63) is 41.7 Å². The standard InChI is InChI=1S/C16H18N2O5/c1-11-3-5-13(6-4-11)21-8-7-16(20)22-10-15(19)17-14-9-12(2)23-18-14/h3-6,9H,7-8,10H2,1-2H3,(H,17,18,19). The van der Waals surface area contributed by atoms with Gasteiger partial charge in [-0.1, -0.05) is 22.9 Å². The number of anilines is 1. The lowest BCUT2D eigenvalue weighted by Gasteiger charge is -2.07. The highest BCUT2D eigenvalue weighted by Gasteiger charge is 2.10. The Morgan fingerprint density at radius 3 is 2.61 bits per heavy atom. The molecule has 122 valence electrons. The first-order chi connectivity index (χ1) is 11.0. The number of carbonyl (C=O) groups excluding carboxylic acids is 2. The van der Waals surface area contributed by atoms with Gasteiger partial charge in [-0.2, -0.15) is 0 Å². The number of aromatic nitrogens is 1. The quantitative estimate of drug-likeness (QED) is 0.787. The van der Waals surface area contributed by atoms with Crippen molar-refractivity contribution in [3.8, 4) is 5.75 Å².